The fourth-order valence-corrected chi connectivity index (χ4v) is 5.90. The SMILES string of the molecule is CC1(C)OC(=C(C#N)C#N)C(C#N)=C1/C=C/c1c(F)c(F)c(N2NNC3C4CCC(C4)C32)c(F)c1F. The number of hydrogen-bond donors (Lipinski definition) is 2. The molecule has 3 fully saturated rings. The molecule has 4 unspecified atom stereocenters. The lowest BCUT2D eigenvalue weighted by Gasteiger charge is -2.31. The number of ether oxygens (including phenoxy) is 1. The highest BCUT2D eigenvalue weighted by Crippen LogP contribution is 2.49. The molecule has 0 radical (unpaired) electrons. The third kappa shape index (κ3) is 3.30. The van der Waals surface area contributed by atoms with E-state index < -0.39 is 45.7 Å². The van der Waals surface area contributed by atoms with Crippen LogP contribution < -0.4 is 16.0 Å². The Kier molecular flexibility index (Phi) is 5.55. The van der Waals surface area contributed by atoms with E-state index in [2.05, 4.69) is 11.0 Å². The summed E-state index contributed by atoms with van der Waals surface area (Å²) in [5, 5.41) is 29.0. The van der Waals surface area contributed by atoms with Crippen molar-refractivity contribution >= 4 is 11.8 Å². The molecule has 2 aliphatic carbocycles. The van der Waals surface area contributed by atoms with E-state index in [4.69, 9.17) is 15.3 Å². The number of halogens is 4. The maximum atomic E-state index is 15.2. The van der Waals surface area contributed by atoms with Gasteiger partial charge in [-0.25, -0.2) is 23.0 Å². The maximum absolute atomic E-state index is 15.2. The van der Waals surface area contributed by atoms with Crippen molar-refractivity contribution in [2.45, 2.75) is 50.8 Å². The molecule has 2 saturated carbocycles. The Hall–Kier alpha value is -3.85. The van der Waals surface area contributed by atoms with Gasteiger partial charge in [0.25, 0.3) is 0 Å². The average molecular weight is 496 g/mol. The number of nitrogens with zero attached hydrogens (tertiary/aromatic N) is 4. The van der Waals surface area contributed by atoms with Crippen molar-refractivity contribution in [1.82, 2.24) is 11.0 Å². The summed E-state index contributed by atoms with van der Waals surface area (Å²) in [7, 11) is 0. The molecule has 36 heavy (non-hydrogen) atoms. The van der Waals surface area contributed by atoms with Gasteiger partial charge in [0.15, 0.2) is 34.6 Å². The highest BCUT2D eigenvalue weighted by atomic mass is 19.2. The standard InChI is InChI=1S/C25H20F4N6O/c1-25(2)16(15(10-32)24(36-25)13(8-30)9-31)6-5-14-17(26)19(28)23(20(29)18(14)27)35-22-12-4-3-11(7-12)21(22)33-34-35/h5-6,11-12,21-22,33-34H,3-4,7H2,1-2H3/b6-5+. The molecule has 0 spiro atoms. The number of rotatable bonds is 3. The Morgan fingerprint density at radius 1 is 1.00 bits per heavy atom. The van der Waals surface area contributed by atoms with Gasteiger partial charge in [-0.15, -0.1) is 0 Å². The third-order valence-electron chi connectivity index (χ3n) is 7.52. The van der Waals surface area contributed by atoms with E-state index in [1.54, 1.807) is 12.1 Å². The van der Waals surface area contributed by atoms with Crippen LogP contribution >= 0.6 is 0 Å². The number of anilines is 1. The molecular weight excluding hydrogens is 476 g/mol. The lowest BCUT2D eigenvalue weighted by Crippen LogP contribution is -2.44. The molecule has 2 N–H and O–H groups in total. The molecule has 5 rings (SSSR count). The monoisotopic (exact) mass is 496 g/mol. The van der Waals surface area contributed by atoms with Crippen LogP contribution in [0.1, 0.15) is 38.7 Å². The fraction of sp³-hybridized carbons (Fsp3) is 0.400. The highest BCUT2D eigenvalue weighted by molar-refractivity contribution is 5.66. The number of benzene rings is 1. The lowest BCUT2D eigenvalue weighted by atomic mass is 9.90. The average Bonchev–Trinajstić information content (AvgIpc) is 3.61. The van der Waals surface area contributed by atoms with Crippen molar-refractivity contribution < 1.29 is 22.3 Å². The smallest absolute Gasteiger partial charge is 0.187 e. The van der Waals surface area contributed by atoms with Crippen LogP contribution in [0.4, 0.5) is 23.2 Å². The molecule has 0 aromatic heterocycles. The molecule has 2 aliphatic heterocycles. The summed E-state index contributed by atoms with van der Waals surface area (Å²) in [6.07, 6.45) is 4.67. The van der Waals surface area contributed by atoms with Gasteiger partial charge in [-0.1, -0.05) is 6.08 Å². The van der Waals surface area contributed by atoms with Gasteiger partial charge in [0.2, 0.25) is 0 Å². The summed E-state index contributed by atoms with van der Waals surface area (Å²) >= 11 is 0. The van der Waals surface area contributed by atoms with Gasteiger partial charge in [-0.2, -0.15) is 21.3 Å². The lowest BCUT2D eigenvalue weighted by molar-refractivity contribution is 0.0954. The minimum Gasteiger partial charge on any atom is -0.480 e. The molecule has 1 saturated heterocycles. The second-order valence-corrected chi connectivity index (χ2v) is 9.77. The van der Waals surface area contributed by atoms with Crippen LogP contribution in [0.15, 0.2) is 28.6 Å². The first-order valence-electron chi connectivity index (χ1n) is 11.4. The summed E-state index contributed by atoms with van der Waals surface area (Å²) in [5.41, 5.74) is 2.07. The predicted molar refractivity (Wildman–Crippen MR) is 119 cm³/mol. The Balaban J connectivity index is 1.56. The van der Waals surface area contributed by atoms with Crippen molar-refractivity contribution in [2.75, 3.05) is 5.01 Å². The van der Waals surface area contributed by atoms with Crippen LogP contribution in [0.25, 0.3) is 6.08 Å². The van der Waals surface area contributed by atoms with Gasteiger partial charge in [-0.3, -0.25) is 5.01 Å². The Morgan fingerprint density at radius 2 is 1.64 bits per heavy atom. The van der Waals surface area contributed by atoms with Gasteiger partial charge >= 0.3 is 0 Å². The van der Waals surface area contributed by atoms with Crippen LogP contribution in [-0.2, 0) is 4.74 Å². The number of nitriles is 3. The number of allylic oxidation sites excluding steroid dienone is 2. The molecule has 1 aromatic carbocycles. The number of nitrogens with one attached hydrogen (secondary N) is 2. The molecule has 11 heteroatoms. The molecule has 184 valence electrons. The van der Waals surface area contributed by atoms with Crippen molar-refractivity contribution in [3.63, 3.8) is 0 Å². The molecule has 4 atom stereocenters. The van der Waals surface area contributed by atoms with E-state index >= 15 is 17.6 Å². The molecule has 1 aromatic rings. The Morgan fingerprint density at radius 3 is 2.25 bits per heavy atom. The second kappa shape index (κ2) is 8.37. The van der Waals surface area contributed by atoms with E-state index in [0.717, 1.165) is 36.4 Å². The van der Waals surface area contributed by atoms with E-state index in [1.165, 1.54) is 13.8 Å². The predicted octanol–water partition coefficient (Wildman–Crippen LogP) is 4.18. The minimum absolute atomic E-state index is 0.0665. The van der Waals surface area contributed by atoms with E-state index in [9.17, 15) is 5.26 Å². The first-order chi connectivity index (χ1) is 17.1. The summed E-state index contributed by atoms with van der Waals surface area (Å²) in [5.74, 6) is -6.04. The topological polar surface area (TPSA) is 108 Å². The van der Waals surface area contributed by atoms with Crippen molar-refractivity contribution in [1.29, 1.82) is 15.8 Å². The summed E-state index contributed by atoms with van der Waals surface area (Å²) in [6.45, 7) is 3.02. The van der Waals surface area contributed by atoms with E-state index in [0.29, 0.717) is 5.92 Å². The maximum Gasteiger partial charge on any atom is 0.187 e. The molecule has 0 amide bonds. The quantitative estimate of drug-likeness (QED) is 0.367. The second-order valence-electron chi connectivity index (χ2n) is 9.77. The van der Waals surface area contributed by atoms with E-state index in [1.807, 2.05) is 6.07 Å². The zero-order valence-corrected chi connectivity index (χ0v) is 19.3. The van der Waals surface area contributed by atoms with E-state index in [-0.39, 0.29) is 34.9 Å². The highest BCUT2D eigenvalue weighted by Gasteiger charge is 2.54. The van der Waals surface area contributed by atoms with Gasteiger partial charge in [-0.05, 0) is 51.0 Å². The normalized spacial score (nSPS) is 27.8. The van der Waals surface area contributed by atoms with Crippen LogP contribution in [0, 0.1) is 69.1 Å². The largest absolute Gasteiger partial charge is 0.480 e. The first-order valence-corrected chi connectivity index (χ1v) is 11.4. The summed E-state index contributed by atoms with van der Waals surface area (Å²) < 4.78 is 66.3. The van der Waals surface area contributed by atoms with Crippen molar-refractivity contribution in [3.05, 3.63) is 57.4 Å². The fourth-order valence-electron chi connectivity index (χ4n) is 5.90. The molecular formula is C25H20F4N6O. The minimum atomic E-state index is -1.59. The summed E-state index contributed by atoms with van der Waals surface area (Å²) in [4.78, 5) is 0. The molecule has 2 bridgehead atoms. The van der Waals surface area contributed by atoms with Crippen LogP contribution in [0.2, 0.25) is 0 Å². The molecule has 4 aliphatic rings. The first kappa shape index (κ1) is 23.9. The van der Waals surface area contributed by atoms with Crippen molar-refractivity contribution in [3.8, 4) is 18.2 Å². The number of hydrogen-bond acceptors (Lipinski definition) is 7. The van der Waals surface area contributed by atoms with Gasteiger partial charge < -0.3 is 4.74 Å². The Bertz CT molecular complexity index is 1350. The number of hydrazine groups is 2. The zero-order chi connectivity index (χ0) is 25.9. The zero-order valence-electron chi connectivity index (χ0n) is 19.3. The van der Waals surface area contributed by atoms with Gasteiger partial charge in [0, 0.05) is 11.6 Å². The summed E-state index contributed by atoms with van der Waals surface area (Å²) in [6, 6.07) is 4.69. The van der Waals surface area contributed by atoms with Crippen LogP contribution in [-0.4, -0.2) is 17.7 Å². The van der Waals surface area contributed by atoms with Crippen LogP contribution in [0.5, 0.6) is 0 Å². The Labute approximate surface area is 204 Å². The van der Waals surface area contributed by atoms with Gasteiger partial charge in [0.05, 0.1) is 11.6 Å². The van der Waals surface area contributed by atoms with Crippen LogP contribution in [0.3, 0.4) is 0 Å². The number of fused-ring (bicyclic) bond motifs is 5. The van der Waals surface area contributed by atoms with Crippen molar-refractivity contribution in [2.24, 2.45) is 11.8 Å². The van der Waals surface area contributed by atoms with Gasteiger partial charge in [0.1, 0.15) is 35.1 Å². The third-order valence-corrected chi connectivity index (χ3v) is 7.52. The molecule has 2 heterocycles. The molecule has 7 nitrogen and oxygen atoms in total.